The van der Waals surface area contributed by atoms with E-state index in [0.29, 0.717) is 30.5 Å². The van der Waals surface area contributed by atoms with E-state index in [1.165, 1.54) is 6.07 Å². The molecule has 6 heteroatoms. The van der Waals surface area contributed by atoms with Crippen LogP contribution in [0.1, 0.15) is 23.6 Å². The predicted octanol–water partition coefficient (Wildman–Crippen LogP) is 2.79. The highest BCUT2D eigenvalue weighted by molar-refractivity contribution is 5.79. The third kappa shape index (κ3) is 4.94. The molecular weight excluding hydrogens is 307 g/mol. The van der Waals surface area contributed by atoms with E-state index in [9.17, 15) is 4.39 Å². The third-order valence-electron chi connectivity index (χ3n) is 3.48. The van der Waals surface area contributed by atoms with Crippen molar-refractivity contribution in [3.8, 4) is 5.88 Å². The SMILES string of the molecule is CCNC(=NCc1ccc(F)c(C)c1)NCc1cccnc1OC. The van der Waals surface area contributed by atoms with Crippen LogP contribution in [0.3, 0.4) is 0 Å². The number of methoxy groups -OCH3 is 1. The Balaban J connectivity index is 2.03. The quantitative estimate of drug-likeness (QED) is 0.632. The molecule has 1 aromatic heterocycles. The summed E-state index contributed by atoms with van der Waals surface area (Å²) in [4.78, 5) is 8.71. The van der Waals surface area contributed by atoms with E-state index in [-0.39, 0.29) is 5.82 Å². The van der Waals surface area contributed by atoms with Crippen LogP contribution in [0, 0.1) is 12.7 Å². The number of nitrogens with zero attached hydrogens (tertiary/aromatic N) is 2. The first kappa shape index (κ1) is 17.7. The van der Waals surface area contributed by atoms with Gasteiger partial charge in [-0.3, -0.25) is 0 Å². The summed E-state index contributed by atoms with van der Waals surface area (Å²) in [7, 11) is 1.60. The van der Waals surface area contributed by atoms with Gasteiger partial charge in [0.25, 0.3) is 0 Å². The van der Waals surface area contributed by atoms with Gasteiger partial charge >= 0.3 is 0 Å². The summed E-state index contributed by atoms with van der Waals surface area (Å²) in [5, 5.41) is 6.44. The molecule has 0 saturated heterocycles. The fraction of sp³-hybridized carbons (Fsp3) is 0.333. The second-order valence-corrected chi connectivity index (χ2v) is 5.30. The highest BCUT2D eigenvalue weighted by Crippen LogP contribution is 2.13. The van der Waals surface area contributed by atoms with E-state index in [2.05, 4.69) is 20.6 Å². The van der Waals surface area contributed by atoms with Crippen LogP contribution < -0.4 is 15.4 Å². The standard InChI is InChI=1S/C18H23FN4O/c1-4-20-18(22-11-14-7-8-16(19)13(2)10-14)23-12-15-6-5-9-21-17(15)24-3/h5-10H,4,11-12H2,1-3H3,(H2,20,22,23). The van der Waals surface area contributed by atoms with E-state index in [1.807, 2.05) is 25.1 Å². The van der Waals surface area contributed by atoms with Crippen LogP contribution in [0.4, 0.5) is 4.39 Å². The summed E-state index contributed by atoms with van der Waals surface area (Å²) in [6.45, 7) is 5.52. The van der Waals surface area contributed by atoms with Gasteiger partial charge in [-0.2, -0.15) is 0 Å². The van der Waals surface area contributed by atoms with E-state index < -0.39 is 0 Å². The summed E-state index contributed by atoms with van der Waals surface area (Å²) in [5.41, 5.74) is 2.54. The first-order valence-electron chi connectivity index (χ1n) is 7.89. The van der Waals surface area contributed by atoms with Crippen LogP contribution in [-0.4, -0.2) is 24.6 Å². The van der Waals surface area contributed by atoms with Gasteiger partial charge in [0.2, 0.25) is 5.88 Å². The number of rotatable bonds is 6. The average Bonchev–Trinajstić information content (AvgIpc) is 2.60. The molecule has 128 valence electrons. The van der Waals surface area contributed by atoms with Gasteiger partial charge in [-0.05, 0) is 37.1 Å². The maximum atomic E-state index is 13.3. The minimum Gasteiger partial charge on any atom is -0.481 e. The Morgan fingerprint density at radius 3 is 2.83 bits per heavy atom. The molecule has 0 aliphatic rings. The number of aryl methyl sites for hydroxylation is 1. The van der Waals surface area contributed by atoms with Crippen molar-refractivity contribution in [1.29, 1.82) is 0 Å². The first-order chi connectivity index (χ1) is 11.6. The average molecular weight is 330 g/mol. The van der Waals surface area contributed by atoms with Gasteiger partial charge in [0.05, 0.1) is 13.7 Å². The van der Waals surface area contributed by atoms with Gasteiger partial charge in [0, 0.05) is 24.8 Å². The van der Waals surface area contributed by atoms with Crippen LogP contribution in [0.15, 0.2) is 41.5 Å². The van der Waals surface area contributed by atoms with Crippen molar-refractivity contribution in [2.75, 3.05) is 13.7 Å². The van der Waals surface area contributed by atoms with Crippen LogP contribution in [-0.2, 0) is 13.1 Å². The van der Waals surface area contributed by atoms with Gasteiger partial charge in [-0.15, -0.1) is 0 Å². The molecule has 0 unspecified atom stereocenters. The van der Waals surface area contributed by atoms with E-state index >= 15 is 0 Å². The largest absolute Gasteiger partial charge is 0.481 e. The lowest BCUT2D eigenvalue weighted by atomic mass is 10.1. The highest BCUT2D eigenvalue weighted by Gasteiger charge is 2.05. The Kier molecular flexibility index (Phi) is 6.54. The van der Waals surface area contributed by atoms with Crippen molar-refractivity contribution in [3.63, 3.8) is 0 Å². The number of pyridine rings is 1. The summed E-state index contributed by atoms with van der Waals surface area (Å²) in [6.07, 6.45) is 1.69. The Bertz CT molecular complexity index is 703. The molecule has 0 saturated carbocycles. The van der Waals surface area contributed by atoms with E-state index in [4.69, 9.17) is 4.74 Å². The number of aromatic nitrogens is 1. The van der Waals surface area contributed by atoms with Crippen molar-refractivity contribution in [3.05, 3.63) is 59.0 Å². The Hall–Kier alpha value is -2.63. The molecule has 0 spiro atoms. The molecule has 0 atom stereocenters. The van der Waals surface area contributed by atoms with Crippen molar-refractivity contribution in [1.82, 2.24) is 15.6 Å². The number of aliphatic imine (C=N–C) groups is 1. The summed E-state index contributed by atoms with van der Waals surface area (Å²) < 4.78 is 18.6. The van der Waals surface area contributed by atoms with Gasteiger partial charge in [-0.25, -0.2) is 14.4 Å². The molecule has 0 amide bonds. The number of hydrogen-bond acceptors (Lipinski definition) is 3. The van der Waals surface area contributed by atoms with E-state index in [1.54, 1.807) is 26.3 Å². The molecule has 0 radical (unpaired) electrons. The molecule has 2 rings (SSSR count). The first-order valence-corrected chi connectivity index (χ1v) is 7.89. The molecule has 1 aromatic carbocycles. The topological polar surface area (TPSA) is 58.5 Å². The maximum absolute atomic E-state index is 13.3. The second kappa shape index (κ2) is 8.86. The van der Waals surface area contributed by atoms with Crippen LogP contribution >= 0.6 is 0 Å². The zero-order valence-electron chi connectivity index (χ0n) is 14.3. The van der Waals surface area contributed by atoms with Crippen LogP contribution in [0.2, 0.25) is 0 Å². The van der Waals surface area contributed by atoms with Gasteiger partial charge in [0.1, 0.15) is 5.82 Å². The normalized spacial score (nSPS) is 11.2. The van der Waals surface area contributed by atoms with Crippen molar-refractivity contribution in [2.45, 2.75) is 26.9 Å². The number of guanidine groups is 1. The maximum Gasteiger partial charge on any atom is 0.218 e. The lowest BCUT2D eigenvalue weighted by Gasteiger charge is -2.13. The lowest BCUT2D eigenvalue weighted by Crippen LogP contribution is -2.36. The lowest BCUT2D eigenvalue weighted by molar-refractivity contribution is 0.392. The summed E-state index contributed by atoms with van der Waals surface area (Å²) in [5.74, 6) is 1.08. The van der Waals surface area contributed by atoms with Crippen LogP contribution in [0.5, 0.6) is 5.88 Å². The van der Waals surface area contributed by atoms with Crippen LogP contribution in [0.25, 0.3) is 0 Å². The number of benzene rings is 1. The van der Waals surface area contributed by atoms with Gasteiger partial charge in [0.15, 0.2) is 5.96 Å². The highest BCUT2D eigenvalue weighted by atomic mass is 19.1. The van der Waals surface area contributed by atoms with Gasteiger partial charge in [-0.1, -0.05) is 18.2 Å². The minimum atomic E-state index is -0.198. The molecule has 0 bridgehead atoms. The minimum absolute atomic E-state index is 0.198. The van der Waals surface area contributed by atoms with Crippen molar-refractivity contribution in [2.24, 2.45) is 4.99 Å². The molecule has 2 N–H and O–H groups in total. The zero-order valence-corrected chi connectivity index (χ0v) is 14.3. The molecule has 0 aliphatic carbocycles. The molecule has 2 aromatic rings. The van der Waals surface area contributed by atoms with Crippen molar-refractivity contribution < 1.29 is 9.13 Å². The summed E-state index contributed by atoms with van der Waals surface area (Å²) in [6, 6.07) is 8.85. The monoisotopic (exact) mass is 330 g/mol. The Morgan fingerprint density at radius 2 is 2.12 bits per heavy atom. The second-order valence-electron chi connectivity index (χ2n) is 5.30. The fourth-order valence-electron chi connectivity index (χ4n) is 2.24. The van der Waals surface area contributed by atoms with Gasteiger partial charge < -0.3 is 15.4 Å². The number of halogens is 1. The Labute approximate surface area is 142 Å². The predicted molar refractivity (Wildman–Crippen MR) is 93.6 cm³/mol. The molecular formula is C18H23FN4O. The molecule has 0 aliphatic heterocycles. The molecule has 0 fully saturated rings. The zero-order chi connectivity index (χ0) is 17.4. The van der Waals surface area contributed by atoms with E-state index in [0.717, 1.165) is 17.7 Å². The molecule has 5 nitrogen and oxygen atoms in total. The fourth-order valence-corrected chi connectivity index (χ4v) is 2.24. The number of ether oxygens (including phenoxy) is 1. The smallest absolute Gasteiger partial charge is 0.218 e. The number of hydrogen-bond donors (Lipinski definition) is 2. The van der Waals surface area contributed by atoms with Crippen molar-refractivity contribution >= 4 is 5.96 Å². The summed E-state index contributed by atoms with van der Waals surface area (Å²) >= 11 is 0. The Morgan fingerprint density at radius 1 is 1.29 bits per heavy atom. The molecule has 1 heterocycles. The number of nitrogens with one attached hydrogen (secondary N) is 2. The molecule has 24 heavy (non-hydrogen) atoms. The third-order valence-corrected chi connectivity index (χ3v) is 3.48.